The molecule has 0 aliphatic heterocycles. The van der Waals surface area contributed by atoms with Gasteiger partial charge in [-0.3, -0.25) is 0 Å². The lowest BCUT2D eigenvalue weighted by Crippen LogP contribution is -1.90. The molecule has 0 saturated heterocycles. The van der Waals surface area contributed by atoms with Gasteiger partial charge >= 0.3 is 0 Å². The maximum Gasteiger partial charge on any atom is 0.160 e. The quantitative estimate of drug-likeness (QED) is 0.636. The number of hydrogen-bond donors (Lipinski definition) is 2. The topological polar surface area (TPSA) is 46.2 Å². The van der Waals surface area contributed by atoms with Gasteiger partial charge in [-0.2, -0.15) is 0 Å². The number of benzene rings is 1. The van der Waals surface area contributed by atoms with E-state index in [4.69, 9.17) is 10.8 Å². The molecule has 1 rings (SSSR count). The highest BCUT2D eigenvalue weighted by Gasteiger charge is 2.04. The molecular formula is C6H5BrFNO. The van der Waals surface area contributed by atoms with Crippen molar-refractivity contribution in [2.75, 3.05) is 5.73 Å². The molecule has 0 spiro atoms. The largest absolute Gasteiger partial charge is 0.508 e. The molecule has 1 aromatic rings. The molecule has 54 valence electrons. The van der Waals surface area contributed by atoms with Gasteiger partial charge in [0.15, 0.2) is 5.82 Å². The Labute approximate surface area is 65.6 Å². The van der Waals surface area contributed by atoms with E-state index in [1.165, 1.54) is 6.07 Å². The van der Waals surface area contributed by atoms with Crippen LogP contribution in [0, 0.1) is 5.82 Å². The highest BCUT2D eigenvalue weighted by atomic mass is 79.9. The van der Waals surface area contributed by atoms with Crippen molar-refractivity contribution in [2.24, 2.45) is 0 Å². The van der Waals surface area contributed by atoms with E-state index in [1.807, 2.05) is 0 Å². The molecule has 0 aliphatic carbocycles. The molecule has 0 bridgehead atoms. The second kappa shape index (κ2) is 2.46. The number of nitrogens with two attached hydrogens (primary N) is 1. The molecular weight excluding hydrogens is 201 g/mol. The molecule has 0 fully saturated rings. The molecule has 0 heterocycles. The number of aromatic hydroxyl groups is 1. The summed E-state index contributed by atoms with van der Waals surface area (Å²) in [5, 5.41) is 8.84. The number of phenols is 1. The second-order valence-corrected chi connectivity index (χ2v) is 2.69. The van der Waals surface area contributed by atoms with E-state index in [0.717, 1.165) is 6.07 Å². The van der Waals surface area contributed by atoms with Gasteiger partial charge in [0.2, 0.25) is 0 Å². The van der Waals surface area contributed by atoms with Crippen LogP contribution in [0.25, 0.3) is 0 Å². The minimum atomic E-state index is -0.544. The summed E-state index contributed by atoms with van der Waals surface area (Å²) in [6.07, 6.45) is 0. The van der Waals surface area contributed by atoms with Crippen LogP contribution < -0.4 is 5.73 Å². The standard InChI is InChI=1S/C6H5BrFNO/c7-4-1-3(10)2-5(9)6(4)8/h1-2,10H,9H2. The van der Waals surface area contributed by atoms with Crippen LogP contribution in [0.3, 0.4) is 0 Å². The fraction of sp³-hybridized carbons (Fsp3) is 0. The fourth-order valence-electron chi connectivity index (χ4n) is 0.595. The first kappa shape index (κ1) is 7.34. The van der Waals surface area contributed by atoms with Crippen LogP contribution in [0.15, 0.2) is 16.6 Å². The summed E-state index contributed by atoms with van der Waals surface area (Å²) in [6, 6.07) is 2.39. The van der Waals surface area contributed by atoms with E-state index in [1.54, 1.807) is 0 Å². The van der Waals surface area contributed by atoms with Crippen LogP contribution in [-0.4, -0.2) is 5.11 Å². The van der Waals surface area contributed by atoms with Crippen LogP contribution in [0.4, 0.5) is 10.1 Å². The van der Waals surface area contributed by atoms with Crippen molar-refractivity contribution in [3.05, 3.63) is 22.4 Å². The van der Waals surface area contributed by atoms with Gasteiger partial charge in [0.05, 0.1) is 10.2 Å². The number of halogens is 2. The summed E-state index contributed by atoms with van der Waals surface area (Å²) in [5.41, 5.74) is 5.09. The van der Waals surface area contributed by atoms with Crippen molar-refractivity contribution in [2.45, 2.75) is 0 Å². The summed E-state index contributed by atoms with van der Waals surface area (Å²) in [6.45, 7) is 0. The summed E-state index contributed by atoms with van der Waals surface area (Å²) < 4.78 is 12.8. The van der Waals surface area contributed by atoms with Crippen LogP contribution in [-0.2, 0) is 0 Å². The van der Waals surface area contributed by atoms with Crippen molar-refractivity contribution in [3.63, 3.8) is 0 Å². The maximum absolute atomic E-state index is 12.6. The molecule has 0 amide bonds. The van der Waals surface area contributed by atoms with Crippen LogP contribution in [0.1, 0.15) is 0 Å². The van der Waals surface area contributed by atoms with Crippen molar-refractivity contribution >= 4 is 21.6 Å². The van der Waals surface area contributed by atoms with Gasteiger partial charge in [0.25, 0.3) is 0 Å². The fourth-order valence-corrected chi connectivity index (χ4v) is 1.06. The summed E-state index contributed by atoms with van der Waals surface area (Å²) >= 11 is 2.88. The Bertz CT molecular complexity index is 241. The predicted molar refractivity (Wildman–Crippen MR) is 40.2 cm³/mol. The zero-order valence-electron chi connectivity index (χ0n) is 4.94. The smallest absolute Gasteiger partial charge is 0.160 e. The van der Waals surface area contributed by atoms with Gasteiger partial charge in [-0.25, -0.2) is 4.39 Å². The van der Waals surface area contributed by atoms with Gasteiger partial charge in [-0.15, -0.1) is 0 Å². The van der Waals surface area contributed by atoms with E-state index in [-0.39, 0.29) is 15.9 Å². The Morgan fingerprint density at radius 1 is 1.50 bits per heavy atom. The SMILES string of the molecule is Nc1cc(O)cc(Br)c1F. The Morgan fingerprint density at radius 2 is 2.10 bits per heavy atom. The number of nitrogen functional groups attached to an aromatic ring is 1. The lowest BCUT2D eigenvalue weighted by atomic mass is 10.3. The Kier molecular flexibility index (Phi) is 1.80. The average molecular weight is 206 g/mol. The van der Waals surface area contributed by atoms with Crippen LogP contribution in [0.5, 0.6) is 5.75 Å². The molecule has 0 aliphatic rings. The maximum atomic E-state index is 12.6. The molecule has 1 aromatic carbocycles. The van der Waals surface area contributed by atoms with Gasteiger partial charge in [-0.1, -0.05) is 0 Å². The van der Waals surface area contributed by atoms with Gasteiger partial charge in [-0.05, 0) is 22.0 Å². The molecule has 10 heavy (non-hydrogen) atoms. The lowest BCUT2D eigenvalue weighted by Gasteiger charge is -1.98. The van der Waals surface area contributed by atoms with Crippen molar-refractivity contribution < 1.29 is 9.50 Å². The highest BCUT2D eigenvalue weighted by molar-refractivity contribution is 9.10. The molecule has 4 heteroatoms. The normalized spacial score (nSPS) is 9.80. The molecule has 2 nitrogen and oxygen atoms in total. The predicted octanol–water partition coefficient (Wildman–Crippen LogP) is 1.88. The number of phenolic OH excluding ortho intramolecular Hbond substituents is 1. The summed E-state index contributed by atoms with van der Waals surface area (Å²) in [7, 11) is 0. The van der Waals surface area contributed by atoms with E-state index in [2.05, 4.69) is 15.9 Å². The highest BCUT2D eigenvalue weighted by Crippen LogP contribution is 2.25. The minimum absolute atomic E-state index is 0.0502. The number of rotatable bonds is 0. The van der Waals surface area contributed by atoms with Crippen molar-refractivity contribution in [1.29, 1.82) is 0 Å². The molecule has 3 N–H and O–H groups in total. The summed E-state index contributed by atoms with van der Waals surface area (Å²) in [4.78, 5) is 0. The third-order valence-corrected chi connectivity index (χ3v) is 1.62. The van der Waals surface area contributed by atoms with Crippen molar-refractivity contribution in [3.8, 4) is 5.75 Å². The van der Waals surface area contributed by atoms with Crippen molar-refractivity contribution in [1.82, 2.24) is 0 Å². The molecule has 0 saturated carbocycles. The first-order valence-corrected chi connectivity index (χ1v) is 3.34. The zero-order chi connectivity index (χ0) is 7.72. The minimum Gasteiger partial charge on any atom is -0.508 e. The Morgan fingerprint density at radius 3 is 2.60 bits per heavy atom. The lowest BCUT2D eigenvalue weighted by molar-refractivity contribution is 0.473. The van der Waals surface area contributed by atoms with Gasteiger partial charge in [0.1, 0.15) is 5.75 Å². The monoisotopic (exact) mass is 205 g/mol. The second-order valence-electron chi connectivity index (χ2n) is 1.83. The Balaban J connectivity index is 3.31. The Hall–Kier alpha value is -0.770. The molecule has 0 unspecified atom stereocenters. The van der Waals surface area contributed by atoms with Gasteiger partial charge in [0, 0.05) is 6.07 Å². The first-order chi connectivity index (χ1) is 4.61. The van der Waals surface area contributed by atoms with Crippen LogP contribution >= 0.6 is 15.9 Å². The van der Waals surface area contributed by atoms with E-state index in [0.29, 0.717) is 0 Å². The third-order valence-electron chi connectivity index (χ3n) is 1.04. The number of anilines is 1. The van der Waals surface area contributed by atoms with E-state index < -0.39 is 5.82 Å². The van der Waals surface area contributed by atoms with E-state index >= 15 is 0 Å². The van der Waals surface area contributed by atoms with Gasteiger partial charge < -0.3 is 10.8 Å². The molecule has 0 atom stereocenters. The van der Waals surface area contributed by atoms with Crippen LogP contribution in [0.2, 0.25) is 0 Å². The van der Waals surface area contributed by atoms with E-state index in [9.17, 15) is 4.39 Å². The summed E-state index contributed by atoms with van der Waals surface area (Å²) in [5.74, 6) is -0.594. The molecule has 0 radical (unpaired) electrons. The average Bonchev–Trinajstić information content (AvgIpc) is 1.82. The number of hydrogen-bond acceptors (Lipinski definition) is 2. The zero-order valence-corrected chi connectivity index (χ0v) is 6.52. The molecule has 0 aromatic heterocycles. The first-order valence-electron chi connectivity index (χ1n) is 2.54. The third kappa shape index (κ3) is 1.21.